The van der Waals surface area contributed by atoms with Gasteiger partial charge in [0.15, 0.2) is 0 Å². The van der Waals surface area contributed by atoms with E-state index in [0.717, 1.165) is 25.1 Å². The number of hydrogen-bond donors (Lipinski definition) is 0. The monoisotopic (exact) mass is 338 g/mol. The van der Waals surface area contributed by atoms with Gasteiger partial charge in [0.25, 0.3) is 0 Å². The van der Waals surface area contributed by atoms with Gasteiger partial charge in [-0.3, -0.25) is 9.69 Å². The third-order valence-electron chi connectivity index (χ3n) is 8.22. The van der Waals surface area contributed by atoms with Crippen molar-refractivity contribution in [3.63, 3.8) is 0 Å². The minimum atomic E-state index is -0.784. The van der Waals surface area contributed by atoms with E-state index in [1.54, 1.807) is 0 Å². The summed E-state index contributed by atoms with van der Waals surface area (Å²) < 4.78 is 24.3. The Kier molecular flexibility index (Phi) is 2.07. The molecule has 130 valence electrons. The second-order valence-corrected chi connectivity index (χ2v) is 8.78. The molecule has 5 fully saturated rings. The number of hydrogen-bond acceptors (Lipinski definition) is 3. The summed E-state index contributed by atoms with van der Waals surface area (Å²) >= 11 is 0. The normalized spacial score (nSPS) is 56.2. The molecule has 0 aromatic heterocycles. The summed E-state index contributed by atoms with van der Waals surface area (Å²) in [6, 6.07) is 9.02. The summed E-state index contributed by atoms with van der Waals surface area (Å²) in [4.78, 5) is 17.8. The van der Waals surface area contributed by atoms with Crippen molar-refractivity contribution in [2.75, 3.05) is 24.6 Å². The number of carbonyl (C=O) groups is 1. The van der Waals surface area contributed by atoms with Gasteiger partial charge in [-0.05, 0) is 49.2 Å². The SMILES string of the molecule is [2H]C1CO[C@H]2CC(=O)N3c4ccccc4[C@]45CCN6C[C@]1([2H])[C@H](C[C@H]64)[C@@H]2[C@H]35. The highest BCUT2D eigenvalue weighted by Crippen LogP contribution is 2.66. The van der Waals surface area contributed by atoms with Crippen LogP contribution in [0.25, 0.3) is 0 Å². The lowest BCUT2D eigenvalue weighted by atomic mass is 9.52. The average Bonchev–Trinajstić information content (AvgIpc) is 3.17. The Bertz CT molecular complexity index is 879. The lowest BCUT2D eigenvalue weighted by molar-refractivity contribution is -0.134. The molecule has 4 saturated heterocycles. The van der Waals surface area contributed by atoms with Crippen molar-refractivity contribution in [3.05, 3.63) is 29.8 Å². The van der Waals surface area contributed by atoms with E-state index >= 15 is 0 Å². The van der Waals surface area contributed by atoms with Crippen molar-refractivity contribution in [2.24, 2.45) is 17.7 Å². The number of fused-ring (bicyclic) bond motifs is 2. The number of benzene rings is 1. The first-order valence-corrected chi connectivity index (χ1v) is 9.75. The number of anilines is 1. The van der Waals surface area contributed by atoms with Crippen molar-refractivity contribution in [3.8, 4) is 0 Å². The molecule has 1 aromatic rings. The fourth-order valence-corrected chi connectivity index (χ4v) is 7.51. The van der Waals surface area contributed by atoms with E-state index in [-0.39, 0.29) is 35.3 Å². The van der Waals surface area contributed by atoms with Gasteiger partial charge in [0.2, 0.25) is 5.91 Å². The summed E-state index contributed by atoms with van der Waals surface area (Å²) in [6.45, 7) is 1.96. The van der Waals surface area contributed by atoms with E-state index < -0.39 is 12.3 Å². The molecule has 0 N–H and O–H groups in total. The number of carbonyl (C=O) groups excluding carboxylic acids is 1. The minimum absolute atomic E-state index is 0.0152. The quantitative estimate of drug-likeness (QED) is 0.727. The van der Waals surface area contributed by atoms with E-state index in [1.807, 2.05) is 6.07 Å². The van der Waals surface area contributed by atoms with Crippen LogP contribution in [0, 0.1) is 17.7 Å². The van der Waals surface area contributed by atoms with Crippen molar-refractivity contribution >= 4 is 11.6 Å². The minimum Gasteiger partial charge on any atom is -0.377 e. The topological polar surface area (TPSA) is 32.8 Å². The van der Waals surface area contributed by atoms with E-state index in [0.29, 0.717) is 25.6 Å². The Morgan fingerprint density at radius 1 is 1.36 bits per heavy atom. The fourth-order valence-electron chi connectivity index (χ4n) is 7.51. The first-order chi connectivity index (χ1) is 13.1. The van der Waals surface area contributed by atoms with Crippen LogP contribution in [0.1, 0.15) is 34.0 Å². The molecule has 1 saturated carbocycles. The summed E-state index contributed by atoms with van der Waals surface area (Å²) in [5.74, 6) is -0.287. The number of amides is 1. The van der Waals surface area contributed by atoms with Gasteiger partial charge in [-0.2, -0.15) is 0 Å². The van der Waals surface area contributed by atoms with E-state index in [9.17, 15) is 6.17 Å². The maximum absolute atomic E-state index is 13.3. The largest absolute Gasteiger partial charge is 0.377 e. The predicted molar refractivity (Wildman–Crippen MR) is 93.4 cm³/mol. The molecule has 4 nitrogen and oxygen atoms in total. The van der Waals surface area contributed by atoms with Crippen molar-refractivity contribution < 1.29 is 12.3 Å². The third kappa shape index (κ3) is 1.37. The number of piperidine rings is 2. The molecule has 7 rings (SSSR count). The maximum atomic E-state index is 13.3. The van der Waals surface area contributed by atoms with Crippen molar-refractivity contribution in [1.82, 2.24) is 4.90 Å². The zero-order valence-electron chi connectivity index (χ0n) is 16.2. The predicted octanol–water partition coefficient (Wildman–Crippen LogP) is 2.17. The van der Waals surface area contributed by atoms with Gasteiger partial charge in [-0.1, -0.05) is 18.2 Å². The molecule has 4 heteroatoms. The molecule has 8 atom stereocenters. The number of para-hydroxylation sites is 1. The van der Waals surface area contributed by atoms with Gasteiger partial charge in [-0.15, -0.1) is 0 Å². The highest BCUT2D eigenvalue weighted by Gasteiger charge is 2.71. The van der Waals surface area contributed by atoms with Crippen LogP contribution in [0.15, 0.2) is 24.3 Å². The lowest BCUT2D eigenvalue weighted by Crippen LogP contribution is -2.70. The van der Waals surface area contributed by atoms with Crippen LogP contribution < -0.4 is 4.90 Å². The molecule has 1 amide bonds. The Morgan fingerprint density at radius 3 is 3.24 bits per heavy atom. The molecule has 0 radical (unpaired) electrons. The summed E-state index contributed by atoms with van der Waals surface area (Å²) in [5, 5.41) is 0. The number of rotatable bonds is 0. The Hall–Kier alpha value is -1.39. The van der Waals surface area contributed by atoms with Crippen molar-refractivity contribution in [2.45, 2.75) is 49.3 Å². The molecule has 1 aromatic carbocycles. The molecule has 1 unspecified atom stereocenters. The van der Waals surface area contributed by atoms with Crippen LogP contribution in [0.4, 0.5) is 5.69 Å². The molecule has 6 aliphatic rings. The molecule has 1 aliphatic carbocycles. The van der Waals surface area contributed by atoms with Crippen LogP contribution in [-0.2, 0) is 14.9 Å². The van der Waals surface area contributed by atoms with Crippen LogP contribution in [0.3, 0.4) is 0 Å². The Balaban J connectivity index is 1.53. The lowest BCUT2D eigenvalue weighted by Gasteiger charge is -2.59. The smallest absolute Gasteiger partial charge is 0.229 e. The second kappa shape index (κ2) is 4.29. The molecule has 5 aliphatic heterocycles. The molecule has 2 bridgehead atoms. The van der Waals surface area contributed by atoms with Crippen LogP contribution in [0.5, 0.6) is 0 Å². The van der Waals surface area contributed by atoms with E-state index in [1.165, 1.54) is 5.56 Å². The molecule has 5 heterocycles. The average molecular weight is 338 g/mol. The summed E-state index contributed by atoms with van der Waals surface area (Å²) in [7, 11) is 0. The maximum Gasteiger partial charge on any atom is 0.229 e. The summed E-state index contributed by atoms with van der Waals surface area (Å²) in [5.41, 5.74) is 2.43. The second-order valence-electron chi connectivity index (χ2n) is 8.78. The van der Waals surface area contributed by atoms with Gasteiger partial charge in [0.05, 0.1) is 18.6 Å². The summed E-state index contributed by atoms with van der Waals surface area (Å²) in [6.07, 6.45) is 1.78. The zero-order chi connectivity index (χ0) is 18.1. The van der Waals surface area contributed by atoms with E-state index in [2.05, 4.69) is 28.0 Å². The molecular formula is C21H24N2O2. The van der Waals surface area contributed by atoms with Crippen molar-refractivity contribution in [1.29, 1.82) is 0 Å². The van der Waals surface area contributed by atoms with Crippen LogP contribution >= 0.6 is 0 Å². The van der Waals surface area contributed by atoms with E-state index in [4.69, 9.17) is 6.11 Å². The van der Waals surface area contributed by atoms with Gasteiger partial charge in [0, 0.05) is 39.0 Å². The van der Waals surface area contributed by atoms with Crippen LogP contribution in [0.2, 0.25) is 0 Å². The highest BCUT2D eigenvalue weighted by molar-refractivity contribution is 5.99. The van der Waals surface area contributed by atoms with Gasteiger partial charge in [0.1, 0.15) is 0 Å². The fraction of sp³-hybridized carbons (Fsp3) is 0.667. The Morgan fingerprint density at radius 2 is 2.28 bits per heavy atom. The zero-order valence-corrected chi connectivity index (χ0v) is 14.2. The van der Waals surface area contributed by atoms with Crippen LogP contribution in [-0.4, -0.2) is 48.7 Å². The first-order valence-electron chi connectivity index (χ1n) is 10.8. The van der Waals surface area contributed by atoms with Gasteiger partial charge in [-0.25, -0.2) is 0 Å². The Labute approximate surface area is 150 Å². The molecular weight excluding hydrogens is 312 g/mol. The highest BCUT2D eigenvalue weighted by atomic mass is 16.5. The number of ether oxygens (including phenoxy) is 1. The first kappa shape index (κ1) is 12.1. The molecule has 1 spiro atoms. The molecule has 25 heavy (non-hydrogen) atoms. The number of nitrogens with zero attached hydrogens (tertiary/aromatic N) is 2. The standard InChI is InChI=1S/C21H24N2O2/c24-18-10-16-19-13-9-17-21(6-7-22(17)11-12(13)5-8-25-16)14-3-1-2-4-15(14)23(18)20(19)21/h1-4,12-13,16-17,19-20H,5-11H2/t12-,13+,16+,17+,19+,20+,21-/m1/s1/i5D,12D/t5?,12-,13+,16+,17+,19+,20+,21-. The van der Waals surface area contributed by atoms with Gasteiger partial charge < -0.3 is 9.64 Å². The van der Waals surface area contributed by atoms with Gasteiger partial charge >= 0.3 is 0 Å². The third-order valence-corrected chi connectivity index (χ3v) is 8.22.